The minimum atomic E-state index is -0.818. The number of hydrogen-bond donors (Lipinski definition) is 1. The molecule has 0 radical (unpaired) electrons. The van der Waals surface area contributed by atoms with E-state index in [1.807, 2.05) is 4.90 Å². The van der Waals surface area contributed by atoms with Gasteiger partial charge in [0.2, 0.25) is 0 Å². The van der Waals surface area contributed by atoms with Crippen molar-refractivity contribution in [2.75, 3.05) is 18.0 Å². The molecule has 2 aromatic rings. The number of rotatable bonds is 3. The number of aliphatic carboxylic acids is 1. The van der Waals surface area contributed by atoms with Crippen LogP contribution in [0.25, 0.3) is 10.2 Å². The van der Waals surface area contributed by atoms with Gasteiger partial charge in [-0.05, 0) is 24.2 Å². The van der Waals surface area contributed by atoms with Crippen molar-refractivity contribution in [1.82, 2.24) is 9.97 Å². The first-order valence-electron chi connectivity index (χ1n) is 6.43. The molecule has 1 aliphatic rings. The number of hydrogen-bond acceptors (Lipinski definition) is 7. The Balaban J connectivity index is 1.99. The van der Waals surface area contributed by atoms with Gasteiger partial charge in [-0.3, -0.25) is 14.9 Å². The molecule has 9 heteroatoms. The molecule has 0 amide bonds. The number of thiophene rings is 1. The molecule has 110 valence electrons. The van der Waals surface area contributed by atoms with Crippen molar-refractivity contribution in [2.24, 2.45) is 5.92 Å². The summed E-state index contributed by atoms with van der Waals surface area (Å²) in [7, 11) is 0. The maximum absolute atomic E-state index is 11.1. The van der Waals surface area contributed by atoms with Gasteiger partial charge in [-0.15, -0.1) is 0 Å². The maximum Gasteiger partial charge on any atom is 0.326 e. The fourth-order valence-corrected chi connectivity index (χ4v) is 3.35. The molecule has 21 heavy (non-hydrogen) atoms. The number of carbonyl (C=O) groups is 1. The molecule has 1 aliphatic heterocycles. The maximum atomic E-state index is 11.1. The molecule has 1 unspecified atom stereocenters. The third kappa shape index (κ3) is 2.51. The first-order valence-corrected chi connectivity index (χ1v) is 7.24. The molecule has 1 fully saturated rings. The highest BCUT2D eigenvalue weighted by Gasteiger charge is 2.28. The van der Waals surface area contributed by atoms with Crippen molar-refractivity contribution < 1.29 is 14.8 Å². The molecule has 0 bridgehead atoms. The molecule has 0 saturated carbocycles. The van der Waals surface area contributed by atoms with E-state index in [2.05, 4.69) is 9.97 Å². The smallest absolute Gasteiger partial charge is 0.326 e. The summed E-state index contributed by atoms with van der Waals surface area (Å²) >= 11 is 0.997. The van der Waals surface area contributed by atoms with Gasteiger partial charge in [-0.25, -0.2) is 9.97 Å². The summed E-state index contributed by atoms with van der Waals surface area (Å²) in [6, 6.07) is 1.46. The molecule has 1 N–H and O–H groups in total. The van der Waals surface area contributed by atoms with Crippen LogP contribution in [0.3, 0.4) is 0 Å². The number of nitrogens with zero attached hydrogens (tertiary/aromatic N) is 4. The van der Waals surface area contributed by atoms with Gasteiger partial charge >= 0.3 is 11.0 Å². The number of carboxylic acids is 1. The van der Waals surface area contributed by atoms with E-state index in [1.54, 1.807) is 0 Å². The van der Waals surface area contributed by atoms with Gasteiger partial charge < -0.3 is 10.0 Å². The Kier molecular flexibility index (Phi) is 3.42. The zero-order valence-electron chi connectivity index (χ0n) is 10.9. The van der Waals surface area contributed by atoms with E-state index in [-0.39, 0.29) is 5.00 Å². The summed E-state index contributed by atoms with van der Waals surface area (Å²) in [6.45, 7) is 1.06. The van der Waals surface area contributed by atoms with Gasteiger partial charge in [-0.1, -0.05) is 0 Å². The normalized spacial score (nSPS) is 18.9. The first-order chi connectivity index (χ1) is 10.1. The fraction of sp³-hybridized carbons (Fsp3) is 0.417. The second kappa shape index (κ2) is 5.24. The Bertz CT molecular complexity index is 716. The topological polar surface area (TPSA) is 109 Å². The molecular weight excluding hydrogens is 296 g/mol. The number of aromatic nitrogens is 2. The van der Waals surface area contributed by atoms with Gasteiger partial charge in [0.1, 0.15) is 17.0 Å². The molecule has 1 saturated heterocycles. The van der Waals surface area contributed by atoms with Crippen molar-refractivity contribution >= 4 is 38.3 Å². The Morgan fingerprint density at radius 1 is 1.52 bits per heavy atom. The lowest BCUT2D eigenvalue weighted by molar-refractivity contribution is -0.380. The zero-order valence-corrected chi connectivity index (χ0v) is 11.7. The van der Waals surface area contributed by atoms with Crippen LogP contribution >= 0.6 is 11.3 Å². The van der Waals surface area contributed by atoms with Crippen molar-refractivity contribution in [2.45, 2.75) is 12.8 Å². The van der Waals surface area contributed by atoms with Crippen LogP contribution in [0, 0.1) is 16.0 Å². The van der Waals surface area contributed by atoms with Crippen LogP contribution < -0.4 is 4.90 Å². The predicted molar refractivity (Wildman–Crippen MR) is 76.6 cm³/mol. The molecule has 0 spiro atoms. The SMILES string of the molecule is O=C(O)C1CCCN(c2ncnc3sc([N+](=O)[O-])cc23)C1. The van der Waals surface area contributed by atoms with Crippen LogP contribution in [0.4, 0.5) is 10.8 Å². The summed E-state index contributed by atoms with van der Waals surface area (Å²) in [5.74, 6) is -0.672. The van der Waals surface area contributed by atoms with Crippen molar-refractivity contribution in [3.8, 4) is 0 Å². The second-order valence-electron chi connectivity index (χ2n) is 4.88. The largest absolute Gasteiger partial charge is 0.481 e. The lowest BCUT2D eigenvalue weighted by Crippen LogP contribution is -2.39. The molecule has 1 atom stereocenters. The molecule has 3 heterocycles. The van der Waals surface area contributed by atoms with E-state index in [4.69, 9.17) is 5.11 Å². The van der Waals surface area contributed by atoms with Crippen molar-refractivity contribution in [3.05, 3.63) is 22.5 Å². The fourth-order valence-electron chi connectivity index (χ4n) is 2.54. The van der Waals surface area contributed by atoms with Gasteiger partial charge in [-0.2, -0.15) is 0 Å². The van der Waals surface area contributed by atoms with Gasteiger partial charge in [0.05, 0.1) is 16.2 Å². The highest BCUT2D eigenvalue weighted by atomic mass is 32.1. The third-order valence-corrected chi connectivity index (χ3v) is 4.54. The van der Waals surface area contributed by atoms with Crippen LogP contribution in [-0.2, 0) is 4.79 Å². The molecule has 3 rings (SSSR count). The summed E-state index contributed by atoms with van der Waals surface area (Å²) in [5.41, 5.74) is 0. The highest BCUT2D eigenvalue weighted by Crippen LogP contribution is 2.35. The molecule has 2 aromatic heterocycles. The van der Waals surface area contributed by atoms with Crippen molar-refractivity contribution in [1.29, 1.82) is 0 Å². The van der Waals surface area contributed by atoms with Crippen LogP contribution in [0.15, 0.2) is 12.4 Å². The lowest BCUT2D eigenvalue weighted by atomic mass is 9.98. The van der Waals surface area contributed by atoms with Crippen LogP contribution in [0.2, 0.25) is 0 Å². The van der Waals surface area contributed by atoms with E-state index in [0.717, 1.165) is 17.8 Å². The monoisotopic (exact) mass is 308 g/mol. The molecule has 0 aliphatic carbocycles. The summed E-state index contributed by atoms with van der Waals surface area (Å²) in [4.78, 5) is 32.2. The Hall–Kier alpha value is -2.29. The number of fused-ring (bicyclic) bond motifs is 1. The van der Waals surface area contributed by atoms with E-state index < -0.39 is 16.8 Å². The van der Waals surface area contributed by atoms with E-state index in [1.165, 1.54) is 12.4 Å². The minimum absolute atomic E-state index is 0.0125. The van der Waals surface area contributed by atoms with Gasteiger partial charge in [0.25, 0.3) is 0 Å². The van der Waals surface area contributed by atoms with Crippen LogP contribution in [-0.4, -0.2) is 39.1 Å². The van der Waals surface area contributed by atoms with E-state index >= 15 is 0 Å². The second-order valence-corrected chi connectivity index (χ2v) is 5.89. The van der Waals surface area contributed by atoms with Gasteiger partial charge in [0, 0.05) is 19.2 Å². The predicted octanol–water partition coefficient (Wildman–Crippen LogP) is 1.90. The number of piperidine rings is 1. The number of nitro groups is 1. The summed E-state index contributed by atoms with van der Waals surface area (Å²) in [6.07, 6.45) is 2.76. The summed E-state index contributed by atoms with van der Waals surface area (Å²) in [5, 5.41) is 20.6. The minimum Gasteiger partial charge on any atom is -0.481 e. The van der Waals surface area contributed by atoms with Gasteiger partial charge in [0.15, 0.2) is 0 Å². The molecule has 8 nitrogen and oxygen atoms in total. The quantitative estimate of drug-likeness (QED) is 0.681. The average Bonchev–Trinajstić information content (AvgIpc) is 2.91. The summed E-state index contributed by atoms with van der Waals surface area (Å²) < 4.78 is 0. The Morgan fingerprint density at radius 2 is 2.33 bits per heavy atom. The van der Waals surface area contributed by atoms with Crippen LogP contribution in [0.1, 0.15) is 12.8 Å². The zero-order chi connectivity index (χ0) is 15.0. The third-order valence-electron chi connectivity index (χ3n) is 3.55. The first kappa shape index (κ1) is 13.7. The number of carboxylic acid groups (broad SMARTS) is 1. The Labute approximate surface area is 123 Å². The number of anilines is 1. The van der Waals surface area contributed by atoms with Crippen molar-refractivity contribution in [3.63, 3.8) is 0 Å². The standard InChI is InChI=1S/C12H12N4O4S/c17-12(18)7-2-1-3-15(5-7)10-8-4-9(16(19)20)21-11(8)14-6-13-10/h4,6-7H,1-3,5H2,(H,17,18). The molecule has 0 aromatic carbocycles. The highest BCUT2D eigenvalue weighted by molar-refractivity contribution is 7.21. The lowest BCUT2D eigenvalue weighted by Gasteiger charge is -2.31. The average molecular weight is 308 g/mol. The van der Waals surface area contributed by atoms with Crippen LogP contribution in [0.5, 0.6) is 0 Å². The van der Waals surface area contributed by atoms with E-state index in [9.17, 15) is 14.9 Å². The Morgan fingerprint density at radius 3 is 3.05 bits per heavy atom. The molecular formula is C12H12N4O4S. The van der Waals surface area contributed by atoms with E-state index in [0.29, 0.717) is 35.5 Å².